The second-order valence-electron chi connectivity index (χ2n) is 6.94. The second kappa shape index (κ2) is 7.18. The van der Waals surface area contributed by atoms with E-state index in [9.17, 15) is 9.59 Å². The number of nitrogens with zero attached hydrogens (tertiary/aromatic N) is 1. The molecule has 2 aromatic carbocycles. The molecule has 0 aliphatic carbocycles. The van der Waals surface area contributed by atoms with Gasteiger partial charge in [-0.05, 0) is 36.2 Å². The van der Waals surface area contributed by atoms with Crippen molar-refractivity contribution in [3.05, 3.63) is 64.8 Å². The fourth-order valence-corrected chi connectivity index (χ4v) is 3.86. The van der Waals surface area contributed by atoms with Gasteiger partial charge in [0.1, 0.15) is 0 Å². The predicted molar refractivity (Wildman–Crippen MR) is 106 cm³/mol. The number of carbonyl (C=O) groups excluding carboxylic acids is 2. The Morgan fingerprint density at radius 1 is 1.22 bits per heavy atom. The highest BCUT2D eigenvalue weighted by Crippen LogP contribution is 2.28. The summed E-state index contributed by atoms with van der Waals surface area (Å²) >= 11 is 6.06. The molecule has 3 N–H and O–H groups in total. The molecule has 6 heteroatoms. The molecule has 0 spiro atoms. The van der Waals surface area contributed by atoms with Crippen molar-refractivity contribution in [2.75, 3.05) is 11.4 Å². The number of benzene rings is 2. The maximum absolute atomic E-state index is 12.8. The molecule has 2 heterocycles. The quantitative estimate of drug-likeness (QED) is 0.666. The Morgan fingerprint density at radius 3 is 2.89 bits per heavy atom. The number of hydrogen-bond acceptors (Lipinski definition) is 2. The lowest BCUT2D eigenvalue weighted by atomic mass is 10.1. The molecule has 1 aliphatic heterocycles. The van der Waals surface area contributed by atoms with Gasteiger partial charge in [0.15, 0.2) is 6.04 Å². The molecule has 5 nitrogen and oxygen atoms in total. The monoisotopic (exact) mass is 382 g/mol. The van der Waals surface area contributed by atoms with Crippen LogP contribution < -0.4 is 10.2 Å². The van der Waals surface area contributed by atoms with Crippen LogP contribution in [0.15, 0.2) is 48.7 Å². The number of aromatic nitrogens is 1. The summed E-state index contributed by atoms with van der Waals surface area (Å²) in [5.41, 5.74) is 3.79. The summed E-state index contributed by atoms with van der Waals surface area (Å²) in [6.07, 6.45) is 3.07. The largest absolute Gasteiger partial charge is 0.361 e. The lowest BCUT2D eigenvalue weighted by Crippen LogP contribution is -2.92. The number of fused-ring (bicyclic) bond motifs is 1. The number of carbonyl (C=O) groups is 2. The number of para-hydroxylation sites is 1. The van der Waals surface area contributed by atoms with Crippen molar-refractivity contribution in [1.82, 2.24) is 4.98 Å². The van der Waals surface area contributed by atoms with Crippen LogP contribution in [-0.4, -0.2) is 29.4 Å². The van der Waals surface area contributed by atoms with Gasteiger partial charge in [0.05, 0.1) is 18.7 Å². The van der Waals surface area contributed by atoms with Gasteiger partial charge in [0.25, 0.3) is 5.91 Å². The van der Waals surface area contributed by atoms with Gasteiger partial charge in [-0.25, -0.2) is 4.90 Å². The van der Waals surface area contributed by atoms with E-state index in [1.165, 1.54) is 15.8 Å². The first-order valence-corrected chi connectivity index (χ1v) is 9.43. The van der Waals surface area contributed by atoms with Crippen LogP contribution in [0, 0.1) is 6.92 Å². The minimum atomic E-state index is -0.374. The van der Waals surface area contributed by atoms with E-state index in [2.05, 4.69) is 11.1 Å². The normalized spacial score (nSPS) is 17.3. The summed E-state index contributed by atoms with van der Waals surface area (Å²) in [5, 5.41) is 3.70. The molecule has 1 aromatic heterocycles. The van der Waals surface area contributed by atoms with Gasteiger partial charge < -0.3 is 10.3 Å². The Hall–Kier alpha value is -2.63. The van der Waals surface area contributed by atoms with Crippen LogP contribution >= 0.6 is 11.6 Å². The summed E-state index contributed by atoms with van der Waals surface area (Å²) in [4.78, 5) is 29.8. The van der Waals surface area contributed by atoms with Crippen molar-refractivity contribution >= 4 is 40.0 Å². The summed E-state index contributed by atoms with van der Waals surface area (Å²) in [5.74, 6) is -0.331. The van der Waals surface area contributed by atoms with E-state index in [0.29, 0.717) is 10.7 Å². The van der Waals surface area contributed by atoms with Gasteiger partial charge in [-0.15, -0.1) is 0 Å². The molecule has 0 saturated carbocycles. The van der Waals surface area contributed by atoms with E-state index in [4.69, 9.17) is 11.6 Å². The summed E-state index contributed by atoms with van der Waals surface area (Å²) in [7, 11) is 0. The first-order chi connectivity index (χ1) is 13.0. The number of anilines is 1. The SMILES string of the molecule is Cc1ccc(Cl)cc1N1C(=O)C[C@H]([NH2+]CCc2c[nH]c3ccccc23)C1=O. The van der Waals surface area contributed by atoms with Gasteiger partial charge in [0.2, 0.25) is 5.91 Å². The third-order valence-corrected chi connectivity index (χ3v) is 5.37. The second-order valence-corrected chi connectivity index (χ2v) is 7.38. The molecule has 0 bridgehead atoms. The van der Waals surface area contributed by atoms with E-state index in [1.54, 1.807) is 12.1 Å². The van der Waals surface area contributed by atoms with Crippen molar-refractivity contribution in [2.24, 2.45) is 0 Å². The molecule has 1 saturated heterocycles. The van der Waals surface area contributed by atoms with Crippen molar-refractivity contribution in [2.45, 2.75) is 25.8 Å². The summed E-state index contributed by atoms with van der Waals surface area (Å²) < 4.78 is 0. The standard InChI is InChI=1S/C21H20ClN3O2/c1-13-6-7-15(22)10-19(13)25-20(26)11-18(21(25)27)23-9-8-14-12-24-17-5-3-2-4-16(14)17/h2-7,10,12,18,23-24H,8-9,11H2,1H3/p+1/t18-/m0/s1. The van der Waals surface area contributed by atoms with Crippen LogP contribution in [0.2, 0.25) is 5.02 Å². The third kappa shape index (κ3) is 3.36. The van der Waals surface area contributed by atoms with Crippen LogP contribution in [0.1, 0.15) is 17.5 Å². The zero-order valence-electron chi connectivity index (χ0n) is 15.0. The summed E-state index contributed by atoms with van der Waals surface area (Å²) in [6, 6.07) is 13.1. The molecule has 1 fully saturated rings. The summed E-state index contributed by atoms with van der Waals surface area (Å²) in [6.45, 7) is 2.62. The number of nitrogens with two attached hydrogens (primary N) is 1. The average molecular weight is 383 g/mol. The molecule has 1 atom stereocenters. The number of imide groups is 1. The van der Waals surface area contributed by atoms with Gasteiger partial charge in [-0.1, -0.05) is 35.9 Å². The van der Waals surface area contributed by atoms with E-state index in [1.807, 2.05) is 42.7 Å². The molecular formula is C21H21ClN3O2+. The van der Waals surface area contributed by atoms with Crippen LogP contribution in [0.3, 0.4) is 0 Å². The Bertz CT molecular complexity index is 1030. The minimum absolute atomic E-state index is 0.163. The smallest absolute Gasteiger partial charge is 0.292 e. The highest BCUT2D eigenvalue weighted by atomic mass is 35.5. The molecule has 0 radical (unpaired) electrons. The number of quaternary nitrogens is 1. The molecule has 27 heavy (non-hydrogen) atoms. The number of amides is 2. The average Bonchev–Trinajstić information content (AvgIpc) is 3.19. The first kappa shape index (κ1) is 17.8. The lowest BCUT2D eigenvalue weighted by molar-refractivity contribution is -0.674. The Kier molecular flexibility index (Phi) is 4.72. The van der Waals surface area contributed by atoms with E-state index in [-0.39, 0.29) is 24.3 Å². The zero-order valence-corrected chi connectivity index (χ0v) is 15.8. The minimum Gasteiger partial charge on any atom is -0.361 e. The topological polar surface area (TPSA) is 69.8 Å². The van der Waals surface area contributed by atoms with E-state index < -0.39 is 0 Å². The van der Waals surface area contributed by atoms with Crippen LogP contribution in [0.5, 0.6) is 0 Å². The fraction of sp³-hybridized carbons (Fsp3) is 0.238. The Morgan fingerprint density at radius 2 is 2.04 bits per heavy atom. The third-order valence-electron chi connectivity index (χ3n) is 5.13. The molecule has 4 rings (SSSR count). The van der Waals surface area contributed by atoms with Crippen molar-refractivity contribution < 1.29 is 14.9 Å². The van der Waals surface area contributed by atoms with Crippen LogP contribution in [-0.2, 0) is 16.0 Å². The Labute approximate surface area is 162 Å². The number of hydrogen-bond donors (Lipinski definition) is 2. The van der Waals surface area contributed by atoms with E-state index >= 15 is 0 Å². The van der Waals surface area contributed by atoms with Crippen LogP contribution in [0.4, 0.5) is 5.69 Å². The molecular weight excluding hydrogens is 362 g/mol. The Balaban J connectivity index is 1.44. The number of nitrogens with one attached hydrogen (secondary N) is 1. The van der Waals surface area contributed by atoms with Crippen LogP contribution in [0.25, 0.3) is 10.9 Å². The van der Waals surface area contributed by atoms with E-state index in [0.717, 1.165) is 24.0 Å². The molecule has 1 aliphatic rings. The lowest BCUT2D eigenvalue weighted by Gasteiger charge is -2.17. The molecule has 138 valence electrons. The molecule has 3 aromatic rings. The van der Waals surface area contributed by atoms with Gasteiger partial charge in [-0.3, -0.25) is 9.59 Å². The van der Waals surface area contributed by atoms with Gasteiger partial charge >= 0.3 is 0 Å². The molecule has 0 unspecified atom stereocenters. The highest BCUT2D eigenvalue weighted by molar-refractivity contribution is 6.31. The molecule has 2 amide bonds. The maximum Gasteiger partial charge on any atom is 0.292 e. The number of halogens is 1. The maximum atomic E-state index is 12.8. The number of rotatable bonds is 5. The van der Waals surface area contributed by atoms with Crippen molar-refractivity contribution in [1.29, 1.82) is 0 Å². The number of aromatic amines is 1. The van der Waals surface area contributed by atoms with Crippen molar-refractivity contribution in [3.63, 3.8) is 0 Å². The van der Waals surface area contributed by atoms with Gasteiger partial charge in [-0.2, -0.15) is 0 Å². The first-order valence-electron chi connectivity index (χ1n) is 9.06. The number of aryl methyl sites for hydroxylation is 1. The fourth-order valence-electron chi connectivity index (χ4n) is 3.69. The zero-order chi connectivity index (χ0) is 19.0. The van der Waals surface area contributed by atoms with Gasteiger partial charge in [0, 0.05) is 28.5 Å². The highest BCUT2D eigenvalue weighted by Gasteiger charge is 2.42. The predicted octanol–water partition coefficient (Wildman–Crippen LogP) is 2.57. The number of H-pyrrole nitrogens is 1. The van der Waals surface area contributed by atoms with Crippen molar-refractivity contribution in [3.8, 4) is 0 Å².